The van der Waals surface area contributed by atoms with Crippen molar-refractivity contribution < 1.29 is 166 Å². The number of carboxylic acid groups (broad SMARTS) is 4. The molecular weight excluding hydrogens is 1840 g/mol. The Bertz CT molecular complexity index is 4070. The molecule has 21 atom stereocenters. The maximum Gasteiger partial charge on any atom is 0.305 e. The highest BCUT2D eigenvalue weighted by atomic mass is 32.1. The predicted octanol–water partition coefficient (Wildman–Crippen LogP) is -13.4. The quantitative estimate of drug-likeness (QED) is 0.0199. The maximum atomic E-state index is 14.3. The van der Waals surface area contributed by atoms with Crippen molar-refractivity contribution in [2.75, 3.05) is 72.5 Å². The number of unbranched alkanes of at least 4 members (excludes halogenated alkanes) is 4. The third kappa shape index (κ3) is 48.4. The lowest BCUT2D eigenvalue weighted by Gasteiger charge is -2.30. The van der Waals surface area contributed by atoms with Gasteiger partial charge in [-0.3, -0.25) is 110 Å². The molecule has 0 unspecified atom stereocenters. The van der Waals surface area contributed by atoms with Gasteiger partial charge in [-0.1, -0.05) is 40.5 Å². The minimum atomic E-state index is -2.20. The molecule has 0 saturated carbocycles. The Morgan fingerprint density at radius 3 is 1.02 bits per heavy atom. The fourth-order valence-electron chi connectivity index (χ4n) is 12.5. The molecule has 0 aromatic rings. The number of rotatable bonds is 69. The van der Waals surface area contributed by atoms with E-state index in [4.69, 9.17) is 10.8 Å². The summed E-state index contributed by atoms with van der Waals surface area (Å²) >= 11 is 4.18. The summed E-state index contributed by atoms with van der Waals surface area (Å²) in [7, 11) is 3.18. The molecule has 0 radical (unpaired) electrons. The van der Waals surface area contributed by atoms with Gasteiger partial charge in [0.15, 0.2) is 0 Å². The first-order chi connectivity index (χ1) is 64.1. The molecule has 0 aliphatic rings. The highest BCUT2D eigenvalue weighted by Gasteiger charge is 2.42. The average Bonchev–Trinajstić information content (AvgIpc) is 0.831. The van der Waals surface area contributed by atoms with Crippen LogP contribution in [0.25, 0.3) is 0 Å². The minimum absolute atomic E-state index is 0.0485. The Morgan fingerprint density at radius 2 is 0.620 bits per heavy atom. The number of likely N-dealkylation sites (N-methyl/N-ethyl adjacent to an activating group) is 1. The molecular formula is C81H139N21O34S. The Kier molecular flexibility index (Phi) is 59.7. The molecule has 0 fully saturated rings. The lowest BCUT2D eigenvalue weighted by atomic mass is 9.96. The number of hydrogen-bond acceptors (Lipinski definition) is 33. The van der Waals surface area contributed by atoms with Crippen molar-refractivity contribution >= 4 is 149 Å². The Labute approximate surface area is 794 Å². The largest absolute Gasteiger partial charge is 0.481 e. The van der Waals surface area contributed by atoms with Crippen LogP contribution in [0.1, 0.15) is 166 Å². The van der Waals surface area contributed by atoms with Gasteiger partial charge in [-0.2, -0.15) is 12.6 Å². The van der Waals surface area contributed by atoms with Crippen LogP contribution in [0.5, 0.6) is 0 Å². The summed E-state index contributed by atoms with van der Waals surface area (Å²) in [6, 6.07) is -30.2. The molecule has 19 amide bonds. The van der Waals surface area contributed by atoms with Crippen LogP contribution in [-0.2, 0) is 110 Å². The van der Waals surface area contributed by atoms with Crippen LogP contribution < -0.4 is 107 Å². The Morgan fingerprint density at radius 1 is 0.314 bits per heavy atom. The Balaban J connectivity index is 6.66. The lowest BCUT2D eigenvalue weighted by molar-refractivity contribution is -0.142. The first kappa shape index (κ1) is 125. The highest BCUT2D eigenvalue weighted by Crippen LogP contribution is 2.15. The van der Waals surface area contributed by atoms with E-state index in [-0.39, 0.29) is 76.9 Å². The van der Waals surface area contributed by atoms with Crippen LogP contribution in [0, 0.1) is 11.8 Å². The third-order valence-corrected chi connectivity index (χ3v) is 20.8. The van der Waals surface area contributed by atoms with E-state index in [0.717, 1.165) is 41.5 Å². The van der Waals surface area contributed by atoms with E-state index in [2.05, 4.69) is 92.4 Å². The van der Waals surface area contributed by atoms with Gasteiger partial charge in [0.25, 0.3) is 0 Å². The van der Waals surface area contributed by atoms with E-state index in [1.807, 2.05) is 21.3 Å². The van der Waals surface area contributed by atoms with E-state index in [9.17, 15) is 161 Å². The van der Waals surface area contributed by atoms with E-state index >= 15 is 0 Å². The van der Waals surface area contributed by atoms with Crippen LogP contribution in [-0.4, -0.2) is 391 Å². The van der Waals surface area contributed by atoms with Gasteiger partial charge in [-0.15, -0.1) is 0 Å². The molecule has 55 nitrogen and oxygen atoms in total. The minimum Gasteiger partial charge on any atom is -0.481 e. The number of nitrogens with zero attached hydrogens (tertiary/aromatic N) is 1. The van der Waals surface area contributed by atoms with Crippen molar-refractivity contribution in [2.45, 2.75) is 287 Å². The summed E-state index contributed by atoms with van der Waals surface area (Å²) in [5, 5.41) is 154. The highest BCUT2D eigenvalue weighted by molar-refractivity contribution is 7.80. The summed E-state index contributed by atoms with van der Waals surface area (Å²) < 4.78 is 0. The van der Waals surface area contributed by atoms with Gasteiger partial charge in [0.05, 0.1) is 64.1 Å². The van der Waals surface area contributed by atoms with Crippen LogP contribution in [0.15, 0.2) is 0 Å². The first-order valence-electron chi connectivity index (χ1n) is 44.1. The SMILES string of the molecule is CC[C@H](C)[C@H](NC(=O)[C@H](CCC(=O)O)NC(=O)[C@H](CO)NC(=O)[C@H](CO)NC(=O)[C@@H](NC(=O)[C@H](CC(=O)O)NC(=O)[C@@H](NC(=O)[C@H](C)NC(=O)[C@H](C)NC(=O)[C@H](CC(=O)O)NC(=O)[C@H](CO)NC(C)=O)C(C)C)[C@@H](C)O)C(=O)N[C@H](C(=O)N[C@H](C(=O)N[C@@H](CCCCN)C(=O)NCCCC[C@H](NC(=O)[C@H](CS)NC(=O)[C@H](CO)NC(=O)CN(C)C)C(=O)NCCCCCC(=O)O)[C@@H](C)O)[C@@H](C)O. The molecule has 32 N–H and O–H groups in total. The topological polar surface area (TPSA) is 873 Å². The normalized spacial score (nSPS) is 15.8. The number of aliphatic hydroxyl groups is 7. The number of carboxylic acids is 4. The van der Waals surface area contributed by atoms with Gasteiger partial charge < -0.3 is 168 Å². The molecule has 0 aromatic heterocycles. The van der Waals surface area contributed by atoms with Crippen molar-refractivity contribution in [1.82, 2.24) is 106 Å². The van der Waals surface area contributed by atoms with Crippen molar-refractivity contribution in [2.24, 2.45) is 17.6 Å². The maximum absolute atomic E-state index is 14.3. The van der Waals surface area contributed by atoms with Gasteiger partial charge in [-0.25, -0.2) is 0 Å². The zero-order valence-corrected chi connectivity index (χ0v) is 79.3. The number of carbonyl (C=O) groups excluding carboxylic acids is 19. The summed E-state index contributed by atoms with van der Waals surface area (Å²) in [4.78, 5) is 305. The molecule has 0 spiro atoms. The van der Waals surface area contributed by atoms with Gasteiger partial charge in [-0.05, 0) is 125 Å². The molecule has 137 heavy (non-hydrogen) atoms. The van der Waals surface area contributed by atoms with E-state index in [1.54, 1.807) is 21.0 Å². The molecule has 0 aliphatic heterocycles. The number of aliphatic hydroxyl groups excluding tert-OH is 7. The molecule has 0 saturated heterocycles. The van der Waals surface area contributed by atoms with E-state index in [1.165, 1.54) is 25.7 Å². The molecule has 0 bridgehead atoms. The smallest absolute Gasteiger partial charge is 0.305 e. The van der Waals surface area contributed by atoms with Gasteiger partial charge in [0.2, 0.25) is 112 Å². The van der Waals surface area contributed by atoms with Crippen molar-refractivity contribution in [3.8, 4) is 0 Å². The molecule has 0 heterocycles. The average molecular weight is 1980 g/mol. The Hall–Kier alpha value is -12.2. The molecule has 0 aromatic carbocycles. The van der Waals surface area contributed by atoms with E-state index in [0.29, 0.717) is 25.7 Å². The third-order valence-electron chi connectivity index (χ3n) is 20.5. The monoisotopic (exact) mass is 1980 g/mol. The zero-order valence-electron chi connectivity index (χ0n) is 78.5. The zero-order chi connectivity index (χ0) is 105. The molecule has 0 rings (SSSR count). The lowest BCUT2D eigenvalue weighted by Crippen LogP contribution is -2.64. The van der Waals surface area contributed by atoms with Crippen LogP contribution in [0.2, 0.25) is 0 Å². The van der Waals surface area contributed by atoms with Gasteiger partial charge in [0, 0.05) is 38.6 Å². The number of nitrogens with two attached hydrogens (primary N) is 1. The van der Waals surface area contributed by atoms with Crippen molar-refractivity contribution in [1.29, 1.82) is 0 Å². The van der Waals surface area contributed by atoms with Gasteiger partial charge >= 0.3 is 23.9 Å². The van der Waals surface area contributed by atoms with Crippen molar-refractivity contribution in [3.05, 3.63) is 0 Å². The fourth-order valence-corrected chi connectivity index (χ4v) is 12.7. The first-order valence-corrected chi connectivity index (χ1v) is 44.7. The second-order valence-corrected chi connectivity index (χ2v) is 33.3. The summed E-state index contributed by atoms with van der Waals surface area (Å²) in [5.74, 6) is -29.6. The fraction of sp³-hybridized carbons (Fsp3) is 0.716. The number of thiol groups is 1. The van der Waals surface area contributed by atoms with Crippen molar-refractivity contribution in [3.63, 3.8) is 0 Å². The number of amides is 19. The predicted molar refractivity (Wildman–Crippen MR) is 480 cm³/mol. The standard InChI is InChI=1S/C81H139N21O34S/c1-13-38(4)61(78(133)100-64(43(9)109)81(136)101-63(42(8)108)79(134)91-46(21-16-18-26-82)68(123)84-28-20-17-22-45(67(122)83-27-19-14-15-23-56(112)113)89-76(131)54(36-137)96-73(128)51(33-104)88-55(111)31-102(11)12)98-69(124)47(24-25-57(114)115)90-74(129)52(34-105)94-75(130)53(35-106)95-80(135)62(41(7)107)99-71(126)49(30-59(118)119)93-77(132)60(37(2)3)97-66(121)40(6)85-65(120)39(5)86-70(125)48(29-58(116)117)92-72(127)50(32-103)87-44(10)110/h37-43,45-54,60-64,103-109,137H,13-36,82H2,1-12H3,(H,83,122)(H,84,123)(H,85,120)(H,86,125)(H,87,110)(H,88,111)(H,89,131)(H,90,129)(H,91,134)(H,92,127)(H,93,132)(H,94,130)(H,95,135)(H,96,128)(H,97,121)(H,98,124)(H,99,126)(H,100,133)(H,101,136)(H,112,113)(H,114,115)(H,116,117)(H,118,119)/t38-,39-,40-,41+,42+,43+,45-,46-,47-,48-,49-,50-,51-,52-,53-,54-,60-,61-,62-,63-,64-/m0/s1. The second-order valence-electron chi connectivity index (χ2n) is 33.0. The van der Waals surface area contributed by atoms with E-state index < -0.39 is 321 Å². The molecule has 0 aliphatic carbocycles. The number of aliphatic carboxylic acids is 4. The number of carbonyl (C=O) groups is 23. The molecule has 56 heteroatoms. The number of hydrogen-bond donors (Lipinski definition) is 32. The van der Waals surface area contributed by atoms with Crippen LogP contribution in [0.4, 0.5) is 0 Å². The summed E-state index contributed by atoms with van der Waals surface area (Å²) in [6.07, 6.45) is -7.81. The molecule has 778 valence electrons. The van der Waals surface area contributed by atoms with Crippen LogP contribution in [0.3, 0.4) is 0 Å². The van der Waals surface area contributed by atoms with Crippen LogP contribution >= 0.6 is 12.6 Å². The number of nitrogens with one attached hydrogen (secondary N) is 19. The second kappa shape index (κ2) is 65.5. The van der Waals surface area contributed by atoms with Gasteiger partial charge in [0.1, 0.15) is 103 Å². The summed E-state index contributed by atoms with van der Waals surface area (Å²) in [5.41, 5.74) is 5.73. The summed E-state index contributed by atoms with van der Waals surface area (Å²) in [6.45, 7) is 7.39.